The van der Waals surface area contributed by atoms with Crippen molar-refractivity contribution in [2.45, 2.75) is 31.7 Å². The molecule has 1 aromatic carbocycles. The van der Waals surface area contributed by atoms with Crippen molar-refractivity contribution in [2.75, 3.05) is 20.3 Å². The van der Waals surface area contributed by atoms with Gasteiger partial charge >= 0.3 is 0 Å². The molecule has 1 heterocycles. The lowest BCUT2D eigenvalue weighted by molar-refractivity contribution is 0.180. The third kappa shape index (κ3) is 2.79. The van der Waals surface area contributed by atoms with Crippen LogP contribution in [0.1, 0.15) is 35.4 Å². The minimum atomic E-state index is 0.205. The van der Waals surface area contributed by atoms with Crippen LogP contribution in [0.25, 0.3) is 0 Å². The van der Waals surface area contributed by atoms with E-state index >= 15 is 0 Å². The summed E-state index contributed by atoms with van der Waals surface area (Å²) in [5.74, 6) is 0.311. The molecule has 0 saturated carbocycles. The Balaban J connectivity index is 2.26. The van der Waals surface area contributed by atoms with Crippen LogP contribution >= 0.6 is 0 Å². The number of rotatable bonds is 5. The van der Waals surface area contributed by atoms with Gasteiger partial charge in [0.25, 0.3) is 0 Å². The lowest BCUT2D eigenvalue weighted by atomic mass is 9.82. The Kier molecular flexibility index (Phi) is 4.50. The van der Waals surface area contributed by atoms with E-state index in [1.165, 1.54) is 16.7 Å². The average Bonchev–Trinajstić information content (AvgIpc) is 2.37. The van der Waals surface area contributed by atoms with Gasteiger partial charge in [0.15, 0.2) is 0 Å². The number of hydrogen-bond acceptors (Lipinski definition) is 3. The van der Waals surface area contributed by atoms with Crippen LogP contribution in [0.3, 0.4) is 0 Å². The number of ether oxygens (including phenoxy) is 1. The molecule has 18 heavy (non-hydrogen) atoms. The van der Waals surface area contributed by atoms with E-state index in [1.54, 1.807) is 7.11 Å². The molecule has 0 spiro atoms. The predicted molar refractivity (Wildman–Crippen MR) is 73.5 cm³/mol. The molecule has 3 heteroatoms. The van der Waals surface area contributed by atoms with Gasteiger partial charge in [-0.25, -0.2) is 0 Å². The number of benzene rings is 1. The topological polar surface area (TPSA) is 41.8 Å². The van der Waals surface area contributed by atoms with E-state index in [0.717, 1.165) is 12.8 Å². The molecule has 0 radical (unpaired) electrons. The zero-order valence-electron chi connectivity index (χ0n) is 11.1. The van der Waals surface area contributed by atoms with Crippen molar-refractivity contribution >= 4 is 6.21 Å². The molecule has 0 saturated heterocycles. The van der Waals surface area contributed by atoms with Crippen molar-refractivity contribution in [2.24, 2.45) is 4.99 Å². The number of aliphatic hydroxyl groups is 1. The highest BCUT2D eigenvalue weighted by Gasteiger charge is 2.26. The molecule has 2 rings (SSSR count). The van der Waals surface area contributed by atoms with Crippen molar-refractivity contribution in [1.82, 2.24) is 0 Å². The maximum Gasteiger partial charge on any atom is 0.0591 e. The van der Waals surface area contributed by atoms with Gasteiger partial charge in [-0.05, 0) is 30.9 Å². The number of fused-ring (bicyclic) bond motifs is 1. The van der Waals surface area contributed by atoms with Gasteiger partial charge in [-0.3, -0.25) is 4.99 Å². The SMILES string of the molecule is COCCC1N=Cc2cc(C)ccc2C1CCO. The van der Waals surface area contributed by atoms with Gasteiger partial charge in [0.1, 0.15) is 0 Å². The minimum absolute atomic E-state index is 0.205. The molecular formula is C15H21NO2. The van der Waals surface area contributed by atoms with Gasteiger partial charge in [0.2, 0.25) is 0 Å². The summed E-state index contributed by atoms with van der Waals surface area (Å²) in [6, 6.07) is 6.70. The number of aliphatic imine (C=N–C) groups is 1. The highest BCUT2D eigenvalue weighted by atomic mass is 16.5. The van der Waals surface area contributed by atoms with Gasteiger partial charge < -0.3 is 9.84 Å². The molecule has 0 aliphatic carbocycles. The molecule has 0 bridgehead atoms. The molecule has 3 nitrogen and oxygen atoms in total. The van der Waals surface area contributed by atoms with Crippen molar-refractivity contribution in [1.29, 1.82) is 0 Å². The van der Waals surface area contributed by atoms with E-state index in [4.69, 9.17) is 4.74 Å². The van der Waals surface area contributed by atoms with Crippen LogP contribution in [0, 0.1) is 6.92 Å². The summed E-state index contributed by atoms with van der Waals surface area (Å²) in [5.41, 5.74) is 3.76. The Labute approximate surface area is 109 Å². The van der Waals surface area contributed by atoms with Crippen LogP contribution in [0.15, 0.2) is 23.2 Å². The maximum atomic E-state index is 9.26. The fourth-order valence-electron chi connectivity index (χ4n) is 2.63. The molecular weight excluding hydrogens is 226 g/mol. The number of nitrogens with zero attached hydrogens (tertiary/aromatic N) is 1. The summed E-state index contributed by atoms with van der Waals surface area (Å²) >= 11 is 0. The highest BCUT2D eigenvalue weighted by molar-refractivity contribution is 5.84. The molecule has 0 aromatic heterocycles. The van der Waals surface area contributed by atoms with Crippen LogP contribution in [-0.2, 0) is 4.74 Å². The first kappa shape index (κ1) is 13.2. The number of aryl methyl sites for hydroxylation is 1. The fourth-order valence-corrected chi connectivity index (χ4v) is 2.63. The fraction of sp³-hybridized carbons (Fsp3) is 0.533. The quantitative estimate of drug-likeness (QED) is 0.867. The smallest absolute Gasteiger partial charge is 0.0591 e. The molecule has 2 atom stereocenters. The van der Waals surface area contributed by atoms with E-state index in [1.807, 2.05) is 6.21 Å². The molecule has 2 unspecified atom stereocenters. The molecule has 1 N–H and O–H groups in total. The summed E-state index contributed by atoms with van der Waals surface area (Å²) in [6.45, 7) is 3.01. The average molecular weight is 247 g/mol. The second-order valence-corrected chi connectivity index (χ2v) is 4.88. The Hall–Kier alpha value is -1.19. The van der Waals surface area contributed by atoms with E-state index in [2.05, 4.69) is 30.1 Å². The van der Waals surface area contributed by atoms with Crippen molar-refractivity contribution in [3.63, 3.8) is 0 Å². The lowest BCUT2D eigenvalue weighted by Crippen LogP contribution is -2.24. The first-order chi connectivity index (χ1) is 8.76. The molecule has 0 amide bonds. The molecule has 0 fully saturated rings. The van der Waals surface area contributed by atoms with Crippen LogP contribution < -0.4 is 0 Å². The Morgan fingerprint density at radius 2 is 2.17 bits per heavy atom. The van der Waals surface area contributed by atoms with E-state index in [0.29, 0.717) is 12.5 Å². The van der Waals surface area contributed by atoms with Crippen molar-refractivity contribution in [3.8, 4) is 0 Å². The molecule has 1 aliphatic heterocycles. The summed E-state index contributed by atoms with van der Waals surface area (Å²) < 4.78 is 5.14. The highest BCUT2D eigenvalue weighted by Crippen LogP contribution is 2.33. The first-order valence-electron chi connectivity index (χ1n) is 6.49. The standard InChI is InChI=1S/C15H21NO2/c1-11-3-4-13-12(9-11)10-16-15(6-8-18-2)14(13)5-7-17/h3-4,9-10,14-15,17H,5-8H2,1-2H3. The first-order valence-corrected chi connectivity index (χ1v) is 6.49. The summed E-state index contributed by atoms with van der Waals surface area (Å²) in [6.07, 6.45) is 3.64. The maximum absolute atomic E-state index is 9.26. The Morgan fingerprint density at radius 1 is 1.33 bits per heavy atom. The summed E-state index contributed by atoms with van der Waals surface area (Å²) in [4.78, 5) is 4.63. The third-order valence-corrected chi connectivity index (χ3v) is 3.57. The molecule has 1 aliphatic rings. The predicted octanol–water partition coefficient (Wildman–Crippen LogP) is 2.30. The van der Waals surface area contributed by atoms with E-state index in [9.17, 15) is 5.11 Å². The lowest BCUT2D eigenvalue weighted by Gasteiger charge is -2.29. The van der Waals surface area contributed by atoms with Gasteiger partial charge in [0, 0.05) is 32.5 Å². The van der Waals surface area contributed by atoms with Crippen molar-refractivity contribution < 1.29 is 9.84 Å². The van der Waals surface area contributed by atoms with Crippen LogP contribution in [-0.4, -0.2) is 37.7 Å². The zero-order valence-corrected chi connectivity index (χ0v) is 11.1. The van der Waals surface area contributed by atoms with Gasteiger partial charge in [-0.1, -0.05) is 23.8 Å². The second kappa shape index (κ2) is 6.12. The second-order valence-electron chi connectivity index (χ2n) is 4.88. The number of methoxy groups -OCH3 is 1. The molecule has 98 valence electrons. The Morgan fingerprint density at radius 3 is 2.89 bits per heavy atom. The summed E-state index contributed by atoms with van der Waals surface area (Å²) in [7, 11) is 1.71. The normalized spacial score (nSPS) is 21.9. The van der Waals surface area contributed by atoms with Gasteiger partial charge in [-0.15, -0.1) is 0 Å². The number of aliphatic hydroxyl groups excluding tert-OH is 1. The van der Waals surface area contributed by atoms with Crippen LogP contribution in [0.5, 0.6) is 0 Å². The van der Waals surface area contributed by atoms with Crippen molar-refractivity contribution in [3.05, 3.63) is 34.9 Å². The minimum Gasteiger partial charge on any atom is -0.396 e. The Bertz CT molecular complexity index is 429. The van der Waals surface area contributed by atoms with Gasteiger partial charge in [0.05, 0.1) is 6.04 Å². The van der Waals surface area contributed by atoms with Crippen LogP contribution in [0.4, 0.5) is 0 Å². The van der Waals surface area contributed by atoms with E-state index in [-0.39, 0.29) is 12.6 Å². The van der Waals surface area contributed by atoms with E-state index < -0.39 is 0 Å². The van der Waals surface area contributed by atoms with Gasteiger partial charge in [-0.2, -0.15) is 0 Å². The summed E-state index contributed by atoms with van der Waals surface area (Å²) in [5, 5.41) is 9.26. The zero-order chi connectivity index (χ0) is 13.0. The number of hydrogen-bond donors (Lipinski definition) is 1. The van der Waals surface area contributed by atoms with Crippen LogP contribution in [0.2, 0.25) is 0 Å². The third-order valence-electron chi connectivity index (χ3n) is 3.57. The monoisotopic (exact) mass is 247 g/mol. The largest absolute Gasteiger partial charge is 0.396 e. The molecule has 1 aromatic rings.